The Morgan fingerprint density at radius 2 is 2.12 bits per heavy atom. The third-order valence-corrected chi connectivity index (χ3v) is 5.87. The maximum atomic E-state index is 13.6. The number of piperidine rings is 1. The minimum atomic E-state index is -0.217. The minimum absolute atomic E-state index is 0.0250. The Kier molecular flexibility index (Phi) is 6.50. The van der Waals surface area contributed by atoms with Crippen LogP contribution in [-0.4, -0.2) is 40.2 Å². The van der Waals surface area contributed by atoms with E-state index in [0.29, 0.717) is 25.2 Å². The summed E-state index contributed by atoms with van der Waals surface area (Å²) in [4.78, 5) is 14.6. The monoisotopic (exact) mass is 394 g/mol. The lowest BCUT2D eigenvalue weighted by Gasteiger charge is -2.30. The number of aromatic nitrogens is 2. The van der Waals surface area contributed by atoms with E-state index in [1.807, 2.05) is 17.7 Å². The summed E-state index contributed by atoms with van der Waals surface area (Å²) in [6.45, 7) is 4.81. The van der Waals surface area contributed by atoms with Gasteiger partial charge in [-0.2, -0.15) is 5.10 Å². The van der Waals surface area contributed by atoms with E-state index in [1.165, 1.54) is 17.4 Å². The fourth-order valence-electron chi connectivity index (χ4n) is 3.19. The molecule has 2 aromatic rings. The maximum absolute atomic E-state index is 13.6. The molecule has 0 atom stereocenters. The third kappa shape index (κ3) is 4.96. The molecule has 0 aliphatic carbocycles. The fraction of sp³-hybridized carbons (Fsp3) is 0.500. The fourth-order valence-corrected chi connectivity index (χ4v) is 4.25. The van der Waals surface area contributed by atoms with E-state index in [9.17, 15) is 9.18 Å². The van der Waals surface area contributed by atoms with Gasteiger partial charge in [-0.15, -0.1) is 0 Å². The SMILES string of the molecule is Cc1nn(CN2CCC(C(=O)NCCc3ccccc3F)CC2)c(=S)s1. The van der Waals surface area contributed by atoms with Crippen LogP contribution in [0, 0.1) is 22.6 Å². The summed E-state index contributed by atoms with van der Waals surface area (Å²) in [5.74, 6) is -0.120. The van der Waals surface area contributed by atoms with Crippen molar-refractivity contribution in [3.63, 3.8) is 0 Å². The van der Waals surface area contributed by atoms with Gasteiger partial charge >= 0.3 is 0 Å². The van der Waals surface area contributed by atoms with Crippen LogP contribution < -0.4 is 5.32 Å². The lowest BCUT2D eigenvalue weighted by atomic mass is 9.96. The van der Waals surface area contributed by atoms with Crippen molar-refractivity contribution in [1.82, 2.24) is 20.0 Å². The van der Waals surface area contributed by atoms with Gasteiger partial charge in [-0.05, 0) is 50.0 Å². The Morgan fingerprint density at radius 3 is 2.77 bits per heavy atom. The van der Waals surface area contributed by atoms with Crippen molar-refractivity contribution in [3.8, 4) is 0 Å². The molecule has 5 nitrogen and oxygen atoms in total. The van der Waals surface area contributed by atoms with Crippen molar-refractivity contribution in [2.24, 2.45) is 5.92 Å². The van der Waals surface area contributed by atoms with Gasteiger partial charge in [0.15, 0.2) is 3.95 Å². The predicted molar refractivity (Wildman–Crippen MR) is 103 cm³/mol. The summed E-state index contributed by atoms with van der Waals surface area (Å²) >= 11 is 6.83. The Morgan fingerprint density at radius 1 is 1.38 bits per heavy atom. The van der Waals surface area contributed by atoms with Gasteiger partial charge in [0, 0.05) is 25.6 Å². The number of carbonyl (C=O) groups is 1. The smallest absolute Gasteiger partial charge is 0.223 e. The zero-order valence-electron chi connectivity index (χ0n) is 14.8. The molecule has 0 unspecified atom stereocenters. The van der Waals surface area contributed by atoms with Crippen LogP contribution in [0.5, 0.6) is 0 Å². The van der Waals surface area contributed by atoms with Gasteiger partial charge in [-0.3, -0.25) is 9.69 Å². The molecule has 1 aromatic heterocycles. The first-order valence-corrected chi connectivity index (χ1v) is 10.0. The Labute approximate surface area is 161 Å². The average Bonchev–Trinajstić information content (AvgIpc) is 2.94. The highest BCUT2D eigenvalue weighted by atomic mass is 32.1. The molecule has 1 N–H and O–H groups in total. The predicted octanol–water partition coefficient (Wildman–Crippen LogP) is 3.15. The van der Waals surface area contributed by atoms with Crippen LogP contribution in [0.2, 0.25) is 0 Å². The number of hydrogen-bond donors (Lipinski definition) is 1. The number of rotatable bonds is 6. The molecule has 8 heteroatoms. The van der Waals surface area contributed by atoms with Crippen LogP contribution in [0.4, 0.5) is 4.39 Å². The average molecular weight is 395 g/mol. The van der Waals surface area contributed by atoms with Gasteiger partial charge in [0.05, 0.1) is 6.67 Å². The van der Waals surface area contributed by atoms with E-state index in [0.717, 1.165) is 34.9 Å². The Balaban J connectivity index is 1.41. The molecule has 3 rings (SSSR count). The van der Waals surface area contributed by atoms with E-state index < -0.39 is 0 Å². The van der Waals surface area contributed by atoms with E-state index in [-0.39, 0.29) is 17.6 Å². The van der Waals surface area contributed by atoms with Crippen molar-refractivity contribution in [1.29, 1.82) is 0 Å². The van der Waals surface area contributed by atoms with Gasteiger partial charge in [-0.1, -0.05) is 29.5 Å². The zero-order valence-corrected chi connectivity index (χ0v) is 16.4. The summed E-state index contributed by atoms with van der Waals surface area (Å²) in [6.07, 6.45) is 2.16. The van der Waals surface area contributed by atoms with Crippen molar-refractivity contribution in [2.45, 2.75) is 32.9 Å². The summed E-state index contributed by atoms with van der Waals surface area (Å²) < 4.78 is 16.2. The van der Waals surface area contributed by atoms with Crippen molar-refractivity contribution in [3.05, 3.63) is 44.6 Å². The zero-order chi connectivity index (χ0) is 18.5. The number of nitrogens with zero attached hydrogens (tertiary/aromatic N) is 3. The molecule has 1 aliphatic heterocycles. The van der Waals surface area contributed by atoms with Gasteiger partial charge in [0.1, 0.15) is 10.8 Å². The first kappa shape index (κ1) is 19.1. The lowest BCUT2D eigenvalue weighted by Crippen LogP contribution is -2.41. The van der Waals surface area contributed by atoms with E-state index >= 15 is 0 Å². The maximum Gasteiger partial charge on any atom is 0.223 e. The molecule has 1 aliphatic rings. The molecule has 1 saturated heterocycles. The van der Waals surface area contributed by atoms with Crippen molar-refractivity contribution >= 4 is 29.5 Å². The molecule has 2 heterocycles. The van der Waals surface area contributed by atoms with Crippen LogP contribution >= 0.6 is 23.6 Å². The van der Waals surface area contributed by atoms with Crippen LogP contribution in [0.1, 0.15) is 23.4 Å². The topological polar surface area (TPSA) is 50.2 Å². The van der Waals surface area contributed by atoms with Gasteiger partial charge in [-0.25, -0.2) is 9.07 Å². The summed E-state index contributed by atoms with van der Waals surface area (Å²) in [6, 6.07) is 6.69. The summed E-state index contributed by atoms with van der Waals surface area (Å²) in [7, 11) is 0. The Bertz CT molecular complexity index is 812. The number of hydrogen-bond acceptors (Lipinski definition) is 5. The second kappa shape index (κ2) is 8.83. The van der Waals surface area contributed by atoms with Gasteiger partial charge < -0.3 is 5.32 Å². The number of nitrogens with one attached hydrogen (secondary N) is 1. The third-order valence-electron chi connectivity index (χ3n) is 4.65. The molecule has 0 spiro atoms. The van der Waals surface area contributed by atoms with Crippen molar-refractivity contribution in [2.75, 3.05) is 19.6 Å². The van der Waals surface area contributed by atoms with E-state index in [2.05, 4.69) is 15.3 Å². The molecule has 0 saturated carbocycles. The molecule has 140 valence electrons. The first-order valence-electron chi connectivity index (χ1n) is 8.81. The molecule has 26 heavy (non-hydrogen) atoms. The molecule has 1 amide bonds. The normalized spacial score (nSPS) is 15.9. The molecular formula is C18H23FN4OS2. The van der Waals surface area contributed by atoms with Gasteiger partial charge in [0.25, 0.3) is 0 Å². The largest absolute Gasteiger partial charge is 0.356 e. The molecule has 0 bridgehead atoms. The molecular weight excluding hydrogens is 371 g/mol. The van der Waals surface area contributed by atoms with Crippen LogP contribution in [0.15, 0.2) is 24.3 Å². The molecule has 0 radical (unpaired) electrons. The highest BCUT2D eigenvalue weighted by Crippen LogP contribution is 2.18. The van der Waals surface area contributed by atoms with Crippen molar-refractivity contribution < 1.29 is 9.18 Å². The number of benzene rings is 1. The first-order chi connectivity index (χ1) is 12.5. The second-order valence-electron chi connectivity index (χ2n) is 6.55. The van der Waals surface area contributed by atoms with Gasteiger partial charge in [0.2, 0.25) is 5.91 Å². The highest BCUT2D eigenvalue weighted by molar-refractivity contribution is 7.73. The summed E-state index contributed by atoms with van der Waals surface area (Å²) in [5.41, 5.74) is 0.637. The lowest BCUT2D eigenvalue weighted by molar-refractivity contribution is -0.126. The van der Waals surface area contributed by atoms with E-state index in [1.54, 1.807) is 12.1 Å². The number of carbonyl (C=O) groups excluding carboxylic acids is 1. The minimum Gasteiger partial charge on any atom is -0.356 e. The van der Waals surface area contributed by atoms with E-state index in [4.69, 9.17) is 12.2 Å². The molecule has 1 aromatic carbocycles. The van der Waals surface area contributed by atoms with Crippen LogP contribution in [-0.2, 0) is 17.9 Å². The summed E-state index contributed by atoms with van der Waals surface area (Å²) in [5, 5.41) is 8.33. The standard InChI is InChI=1S/C18H23FN4OS2/c1-13-21-23(18(25)26-13)12-22-10-7-15(8-11-22)17(24)20-9-6-14-4-2-3-5-16(14)19/h2-5,15H,6-12H2,1H3,(H,20,24). The molecule has 1 fully saturated rings. The second-order valence-corrected chi connectivity index (χ2v) is 8.38. The Hall–Kier alpha value is -1.64. The van der Waals surface area contributed by atoms with Crippen LogP contribution in [0.25, 0.3) is 0 Å². The number of halogens is 1. The number of aryl methyl sites for hydroxylation is 1. The number of amides is 1. The van der Waals surface area contributed by atoms with Crippen LogP contribution in [0.3, 0.4) is 0 Å². The number of likely N-dealkylation sites (tertiary alicyclic amines) is 1. The quantitative estimate of drug-likeness (QED) is 0.765. The highest BCUT2D eigenvalue weighted by Gasteiger charge is 2.25.